The maximum absolute atomic E-state index is 6.78. The van der Waals surface area contributed by atoms with Gasteiger partial charge in [-0.3, -0.25) is 0 Å². The number of hydrogen-bond acceptors (Lipinski definition) is 3. The van der Waals surface area contributed by atoms with Gasteiger partial charge >= 0.3 is 0 Å². The topological polar surface area (TPSA) is 24.5 Å². The highest BCUT2D eigenvalue weighted by Crippen LogP contribution is 2.63. The van der Waals surface area contributed by atoms with Crippen LogP contribution in [0.25, 0.3) is 49.9 Å². The van der Waals surface area contributed by atoms with E-state index in [2.05, 4.69) is 130 Å². The Morgan fingerprint density at radius 1 is 0.692 bits per heavy atom. The lowest BCUT2D eigenvalue weighted by atomic mass is 9.76. The van der Waals surface area contributed by atoms with Crippen LogP contribution in [0.2, 0.25) is 0 Å². The number of fused-ring (bicyclic) bond motifs is 6. The molecule has 0 radical (unpaired) electrons. The fourth-order valence-electron chi connectivity index (χ4n) is 8.51. The molecular weight excluding hydrogens is 480 g/mol. The van der Waals surface area contributed by atoms with Crippen molar-refractivity contribution in [1.29, 1.82) is 0 Å². The van der Waals surface area contributed by atoms with Crippen LogP contribution in [0, 0.1) is 0 Å². The van der Waals surface area contributed by atoms with Gasteiger partial charge in [-0.1, -0.05) is 42.5 Å². The highest BCUT2D eigenvalue weighted by Gasteiger charge is 2.67. The first-order chi connectivity index (χ1) is 19.3. The summed E-state index contributed by atoms with van der Waals surface area (Å²) in [4.78, 5) is 4.81. The molecule has 5 heteroatoms. The van der Waals surface area contributed by atoms with Gasteiger partial charge in [0.05, 0.1) is 28.6 Å². The minimum atomic E-state index is -0.494. The van der Waals surface area contributed by atoms with Crippen molar-refractivity contribution in [2.45, 2.75) is 11.7 Å². The third kappa shape index (κ3) is 1.76. The SMILES string of the molecule is CN1C=CN2c3cccc4c3C3(c5c(ccc6c7cccc8c7n(c56)-c5c(ccc[n+]53)-c3ccccc3-8)O4)C12. The van der Waals surface area contributed by atoms with Crippen molar-refractivity contribution in [3.63, 3.8) is 0 Å². The van der Waals surface area contributed by atoms with Gasteiger partial charge in [0, 0.05) is 35.8 Å². The van der Waals surface area contributed by atoms with E-state index in [1.54, 1.807) is 0 Å². The van der Waals surface area contributed by atoms with Crippen molar-refractivity contribution in [2.24, 2.45) is 0 Å². The van der Waals surface area contributed by atoms with E-state index in [0.717, 1.165) is 11.5 Å². The molecule has 0 aliphatic carbocycles. The second kappa shape index (κ2) is 5.84. The molecular formula is C34H21N4O+. The molecule has 11 rings (SSSR count). The molecule has 182 valence electrons. The van der Waals surface area contributed by atoms with Crippen LogP contribution in [0.5, 0.6) is 11.5 Å². The maximum atomic E-state index is 6.78. The summed E-state index contributed by atoms with van der Waals surface area (Å²) in [6, 6.07) is 31.2. The van der Waals surface area contributed by atoms with Gasteiger partial charge in [0.15, 0.2) is 11.7 Å². The van der Waals surface area contributed by atoms with Gasteiger partial charge < -0.3 is 14.5 Å². The molecule has 0 saturated carbocycles. The minimum absolute atomic E-state index is 0.0446. The summed E-state index contributed by atoms with van der Waals surface area (Å²) < 4.78 is 11.9. The molecule has 0 saturated heterocycles. The lowest BCUT2D eigenvalue weighted by molar-refractivity contribution is -0.743. The number of rotatable bonds is 0. The van der Waals surface area contributed by atoms with Crippen LogP contribution in [0.3, 0.4) is 0 Å². The minimum Gasteiger partial charge on any atom is -0.456 e. The van der Waals surface area contributed by atoms with Gasteiger partial charge in [0.1, 0.15) is 17.0 Å². The molecule has 5 aliphatic rings. The quantitative estimate of drug-likeness (QED) is 0.222. The normalized spacial score (nSPS) is 21.3. The number of benzene rings is 4. The Balaban J connectivity index is 1.49. The highest BCUT2D eigenvalue weighted by atomic mass is 16.5. The van der Waals surface area contributed by atoms with Crippen molar-refractivity contribution in [3.8, 4) is 39.6 Å². The van der Waals surface area contributed by atoms with Crippen molar-refractivity contribution in [3.05, 3.63) is 115 Å². The Labute approximate surface area is 224 Å². The zero-order chi connectivity index (χ0) is 25.2. The van der Waals surface area contributed by atoms with Gasteiger partial charge in [0.25, 0.3) is 5.82 Å². The molecule has 39 heavy (non-hydrogen) atoms. The molecule has 0 bridgehead atoms. The zero-order valence-corrected chi connectivity index (χ0v) is 21.1. The Bertz CT molecular complexity index is 2210. The van der Waals surface area contributed by atoms with Crippen LogP contribution in [0.4, 0.5) is 5.69 Å². The van der Waals surface area contributed by atoms with E-state index >= 15 is 0 Å². The van der Waals surface area contributed by atoms with Crippen LogP contribution in [0.15, 0.2) is 104 Å². The van der Waals surface area contributed by atoms with Gasteiger partial charge in [-0.05, 0) is 53.6 Å². The Morgan fingerprint density at radius 2 is 1.46 bits per heavy atom. The fraction of sp³-hybridized carbons (Fsp3) is 0.0882. The first kappa shape index (κ1) is 19.1. The first-order valence-electron chi connectivity index (χ1n) is 13.5. The lowest BCUT2D eigenvalue weighted by Crippen LogP contribution is -2.70. The van der Waals surface area contributed by atoms with E-state index in [1.165, 1.54) is 66.7 Å². The van der Waals surface area contributed by atoms with E-state index in [9.17, 15) is 0 Å². The molecule has 4 aromatic carbocycles. The van der Waals surface area contributed by atoms with Gasteiger partial charge in [0.2, 0.25) is 5.54 Å². The van der Waals surface area contributed by atoms with E-state index in [-0.39, 0.29) is 6.17 Å². The van der Waals surface area contributed by atoms with Crippen LogP contribution in [-0.2, 0) is 5.54 Å². The predicted molar refractivity (Wildman–Crippen MR) is 151 cm³/mol. The van der Waals surface area contributed by atoms with Crippen LogP contribution < -0.4 is 14.2 Å². The third-order valence-electron chi connectivity index (χ3n) is 9.73. The maximum Gasteiger partial charge on any atom is 0.296 e. The molecule has 2 aromatic heterocycles. The summed E-state index contributed by atoms with van der Waals surface area (Å²) in [5.41, 5.74) is 10.8. The van der Waals surface area contributed by atoms with Crippen LogP contribution in [0.1, 0.15) is 11.1 Å². The second-order valence-corrected chi connectivity index (χ2v) is 11.3. The molecule has 5 aliphatic heterocycles. The fourth-order valence-corrected chi connectivity index (χ4v) is 8.51. The smallest absolute Gasteiger partial charge is 0.296 e. The molecule has 5 nitrogen and oxygen atoms in total. The first-order valence-corrected chi connectivity index (χ1v) is 13.5. The molecule has 7 heterocycles. The number of nitrogens with zero attached hydrogens (tertiary/aromatic N) is 4. The summed E-state index contributed by atoms with van der Waals surface area (Å²) in [7, 11) is 2.20. The third-order valence-corrected chi connectivity index (χ3v) is 9.73. The van der Waals surface area contributed by atoms with Crippen molar-refractivity contribution >= 4 is 27.5 Å². The molecule has 0 fully saturated rings. The van der Waals surface area contributed by atoms with Gasteiger partial charge in [-0.15, -0.1) is 0 Å². The number of para-hydroxylation sites is 1. The average molecular weight is 502 g/mol. The number of anilines is 1. The summed E-state index contributed by atoms with van der Waals surface area (Å²) in [6.07, 6.45) is 6.79. The van der Waals surface area contributed by atoms with E-state index in [1.807, 2.05) is 0 Å². The summed E-state index contributed by atoms with van der Waals surface area (Å²) >= 11 is 0. The summed E-state index contributed by atoms with van der Waals surface area (Å²) in [5, 5.41) is 2.56. The standard InChI is InChI=1S/C34H21N4O/c1-35-17-18-36-25-12-5-13-26-28(25)34(33(35)36)29-27(39-26)15-14-23-22-10-4-9-21-19-7-2-3-8-20(19)24-11-6-16-37(34)32(24)38(30(21)22)31(23)29/h2-18,33H,1H3/q+1. The number of likely N-dealkylation sites (N-methyl/N-ethyl adjacent to an activating group) is 1. The molecule has 2 atom stereocenters. The molecule has 0 N–H and O–H groups in total. The van der Waals surface area contributed by atoms with Gasteiger partial charge in [-0.25, -0.2) is 4.57 Å². The number of ether oxygens (including phenoxy) is 1. The van der Waals surface area contributed by atoms with E-state index < -0.39 is 5.54 Å². The zero-order valence-electron chi connectivity index (χ0n) is 21.1. The number of aromatic nitrogens is 2. The van der Waals surface area contributed by atoms with E-state index in [0.29, 0.717) is 0 Å². The Hall–Kier alpha value is -5.03. The largest absolute Gasteiger partial charge is 0.456 e. The predicted octanol–water partition coefficient (Wildman–Crippen LogP) is 6.49. The molecule has 6 aromatic rings. The van der Waals surface area contributed by atoms with Crippen molar-refractivity contribution < 1.29 is 9.30 Å². The number of hydrogen-bond donors (Lipinski definition) is 0. The van der Waals surface area contributed by atoms with Crippen LogP contribution >= 0.6 is 0 Å². The Morgan fingerprint density at radius 3 is 2.38 bits per heavy atom. The average Bonchev–Trinajstić information content (AvgIpc) is 3.59. The van der Waals surface area contributed by atoms with E-state index in [4.69, 9.17) is 4.74 Å². The monoisotopic (exact) mass is 501 g/mol. The molecule has 0 amide bonds. The van der Waals surface area contributed by atoms with Crippen molar-refractivity contribution in [1.82, 2.24) is 9.47 Å². The summed E-state index contributed by atoms with van der Waals surface area (Å²) in [5.74, 6) is 3.12. The Kier molecular flexibility index (Phi) is 2.86. The summed E-state index contributed by atoms with van der Waals surface area (Å²) in [6.45, 7) is 0. The molecule has 2 unspecified atom stereocenters. The molecule has 1 spiro atoms. The second-order valence-electron chi connectivity index (χ2n) is 11.3. The number of pyridine rings is 1. The van der Waals surface area contributed by atoms with Crippen molar-refractivity contribution in [2.75, 3.05) is 11.9 Å². The van der Waals surface area contributed by atoms with Crippen LogP contribution in [-0.4, -0.2) is 22.7 Å². The van der Waals surface area contributed by atoms with Gasteiger partial charge in [-0.2, -0.15) is 4.57 Å². The lowest BCUT2D eigenvalue weighted by Gasteiger charge is -2.43. The highest BCUT2D eigenvalue weighted by molar-refractivity contribution is 6.17.